The molecule has 0 bridgehead atoms. The Bertz CT molecular complexity index is 526. The molecule has 2 heterocycles. The van der Waals surface area contributed by atoms with Gasteiger partial charge in [0.05, 0.1) is 5.69 Å². The average Bonchev–Trinajstić information content (AvgIpc) is 2.67. The van der Waals surface area contributed by atoms with Gasteiger partial charge in [-0.05, 0) is 39.2 Å². The van der Waals surface area contributed by atoms with Crippen LogP contribution >= 0.6 is 0 Å². The Hall–Kier alpha value is -1.96. The van der Waals surface area contributed by atoms with Crippen molar-refractivity contribution in [2.45, 2.75) is 45.7 Å². The van der Waals surface area contributed by atoms with Crippen LogP contribution in [0.1, 0.15) is 37.6 Å². The molecule has 1 amide bonds. The van der Waals surface area contributed by atoms with Gasteiger partial charge in [-0.3, -0.25) is 4.79 Å². The van der Waals surface area contributed by atoms with Crippen molar-refractivity contribution in [2.75, 3.05) is 12.3 Å². The molecule has 2 N–H and O–H groups in total. The molecule has 1 aliphatic rings. The van der Waals surface area contributed by atoms with E-state index >= 15 is 0 Å². The predicted molar refractivity (Wildman–Crippen MR) is 73.3 cm³/mol. The second-order valence-corrected chi connectivity index (χ2v) is 5.20. The summed E-state index contributed by atoms with van der Waals surface area (Å²) in [6.07, 6.45) is 3.31. The Kier molecular flexibility index (Phi) is 3.79. The molecule has 1 unspecified atom stereocenters. The topological polar surface area (TPSA) is 75.0 Å². The van der Waals surface area contributed by atoms with Crippen molar-refractivity contribution in [2.24, 2.45) is 0 Å². The van der Waals surface area contributed by atoms with Gasteiger partial charge in [0.25, 0.3) is 0 Å². The molecule has 2 rings (SSSR count). The number of rotatable bonds is 2. The van der Waals surface area contributed by atoms with E-state index in [1.54, 1.807) is 10.6 Å². The summed E-state index contributed by atoms with van der Waals surface area (Å²) < 4.78 is 1.71. The Labute approximate surface area is 113 Å². The molecular formula is C14H20N4O. The molecule has 0 spiro atoms. The predicted octanol–water partition coefficient (Wildman–Crippen LogP) is 1.65. The minimum atomic E-state index is 0.0717. The maximum absolute atomic E-state index is 12.4. The summed E-state index contributed by atoms with van der Waals surface area (Å²) in [6, 6.07) is 4.01. The summed E-state index contributed by atoms with van der Waals surface area (Å²) in [6.45, 7) is 4.94. The maximum atomic E-state index is 12.4. The van der Waals surface area contributed by atoms with Gasteiger partial charge in [0.2, 0.25) is 5.91 Å². The van der Waals surface area contributed by atoms with Crippen molar-refractivity contribution in [1.82, 2.24) is 9.47 Å². The van der Waals surface area contributed by atoms with Gasteiger partial charge in [-0.2, -0.15) is 5.26 Å². The van der Waals surface area contributed by atoms with E-state index in [0.29, 0.717) is 17.4 Å². The van der Waals surface area contributed by atoms with E-state index in [1.807, 2.05) is 11.8 Å². The molecule has 1 atom stereocenters. The van der Waals surface area contributed by atoms with Gasteiger partial charge < -0.3 is 15.2 Å². The largest absolute Gasteiger partial charge is 0.397 e. The lowest BCUT2D eigenvalue weighted by molar-refractivity contribution is -0.135. The van der Waals surface area contributed by atoms with Crippen LogP contribution < -0.4 is 5.73 Å². The lowest BCUT2D eigenvalue weighted by Gasteiger charge is -2.33. The summed E-state index contributed by atoms with van der Waals surface area (Å²) in [5.74, 6) is 0.0717. The zero-order valence-electron chi connectivity index (χ0n) is 11.5. The number of likely N-dealkylation sites (tertiary alicyclic amines) is 1. The van der Waals surface area contributed by atoms with Crippen LogP contribution in [0.3, 0.4) is 0 Å². The minimum Gasteiger partial charge on any atom is -0.397 e. The Morgan fingerprint density at radius 1 is 1.58 bits per heavy atom. The average molecular weight is 260 g/mol. The Morgan fingerprint density at radius 2 is 2.32 bits per heavy atom. The fraction of sp³-hybridized carbons (Fsp3) is 0.571. The zero-order valence-corrected chi connectivity index (χ0v) is 11.5. The van der Waals surface area contributed by atoms with E-state index < -0.39 is 0 Å². The summed E-state index contributed by atoms with van der Waals surface area (Å²) in [5, 5.41) is 9.08. The number of hydrogen-bond acceptors (Lipinski definition) is 3. The summed E-state index contributed by atoms with van der Waals surface area (Å²) >= 11 is 0. The third-order valence-electron chi connectivity index (χ3n) is 3.94. The number of nitriles is 1. The van der Waals surface area contributed by atoms with Crippen molar-refractivity contribution in [3.63, 3.8) is 0 Å². The first-order valence-electron chi connectivity index (χ1n) is 6.69. The van der Waals surface area contributed by atoms with E-state index in [9.17, 15) is 4.79 Å². The Balaban J connectivity index is 2.17. The molecule has 5 heteroatoms. The van der Waals surface area contributed by atoms with E-state index in [0.717, 1.165) is 25.1 Å². The van der Waals surface area contributed by atoms with Gasteiger partial charge in [0, 0.05) is 18.3 Å². The second-order valence-electron chi connectivity index (χ2n) is 5.20. The molecule has 1 aromatic heterocycles. The fourth-order valence-electron chi connectivity index (χ4n) is 2.66. The number of nitrogens with two attached hydrogens (primary N) is 1. The van der Waals surface area contributed by atoms with Crippen LogP contribution in [0.25, 0.3) is 0 Å². The normalized spacial score (nSPS) is 19.2. The van der Waals surface area contributed by atoms with E-state index in [2.05, 4.69) is 13.0 Å². The molecule has 102 valence electrons. The molecule has 19 heavy (non-hydrogen) atoms. The molecule has 0 aromatic carbocycles. The first-order valence-corrected chi connectivity index (χ1v) is 6.69. The molecule has 0 radical (unpaired) electrons. The van der Waals surface area contributed by atoms with Crippen molar-refractivity contribution in [3.8, 4) is 6.07 Å². The Morgan fingerprint density at radius 3 is 2.95 bits per heavy atom. The monoisotopic (exact) mass is 260 g/mol. The van der Waals surface area contributed by atoms with Crippen LogP contribution in [0, 0.1) is 18.3 Å². The SMILES string of the molecule is Cc1c(N)cc(C#N)n1CC(=O)N1CCCCC1C. The van der Waals surface area contributed by atoms with Gasteiger partial charge >= 0.3 is 0 Å². The quantitative estimate of drug-likeness (QED) is 0.878. The van der Waals surface area contributed by atoms with Crippen molar-refractivity contribution in [3.05, 3.63) is 17.5 Å². The summed E-state index contributed by atoms with van der Waals surface area (Å²) in [5.41, 5.74) is 7.61. The second kappa shape index (κ2) is 5.35. The zero-order chi connectivity index (χ0) is 14.0. The minimum absolute atomic E-state index is 0.0717. The van der Waals surface area contributed by atoms with Crippen molar-refractivity contribution in [1.29, 1.82) is 5.26 Å². The number of aromatic nitrogens is 1. The standard InChI is InChI=1S/C14H20N4O/c1-10-5-3-4-6-17(10)14(19)9-18-11(2)13(16)7-12(18)8-15/h7,10H,3-6,9,16H2,1-2H3. The third kappa shape index (κ3) is 2.58. The first kappa shape index (κ1) is 13.5. The number of hydrogen-bond donors (Lipinski definition) is 1. The molecule has 1 aromatic rings. The first-order chi connectivity index (χ1) is 9.04. The number of carbonyl (C=O) groups is 1. The van der Waals surface area contributed by atoms with Crippen LogP contribution in [0.5, 0.6) is 0 Å². The number of amides is 1. The number of anilines is 1. The van der Waals surface area contributed by atoms with Gasteiger partial charge in [-0.1, -0.05) is 0 Å². The highest BCUT2D eigenvalue weighted by Gasteiger charge is 2.24. The van der Waals surface area contributed by atoms with Crippen LogP contribution in [0.4, 0.5) is 5.69 Å². The van der Waals surface area contributed by atoms with Gasteiger partial charge in [-0.25, -0.2) is 0 Å². The lowest BCUT2D eigenvalue weighted by Crippen LogP contribution is -2.43. The van der Waals surface area contributed by atoms with Gasteiger partial charge in [0.15, 0.2) is 0 Å². The van der Waals surface area contributed by atoms with Crippen LogP contribution in [-0.2, 0) is 11.3 Å². The fourth-order valence-corrected chi connectivity index (χ4v) is 2.66. The molecule has 0 saturated carbocycles. The van der Waals surface area contributed by atoms with E-state index in [1.165, 1.54) is 6.42 Å². The highest BCUT2D eigenvalue weighted by atomic mass is 16.2. The molecule has 1 aliphatic heterocycles. The number of carbonyl (C=O) groups excluding carboxylic acids is 1. The highest BCUT2D eigenvalue weighted by Crippen LogP contribution is 2.20. The van der Waals surface area contributed by atoms with E-state index in [4.69, 9.17) is 11.0 Å². The molecule has 5 nitrogen and oxygen atoms in total. The lowest BCUT2D eigenvalue weighted by atomic mass is 10.0. The molecule has 1 fully saturated rings. The van der Waals surface area contributed by atoms with Crippen LogP contribution in [0.15, 0.2) is 6.07 Å². The number of nitrogens with zero attached hydrogens (tertiary/aromatic N) is 3. The van der Waals surface area contributed by atoms with Gasteiger partial charge in [0.1, 0.15) is 18.3 Å². The summed E-state index contributed by atoms with van der Waals surface area (Å²) in [7, 11) is 0. The molecule has 0 aliphatic carbocycles. The number of nitrogen functional groups attached to an aromatic ring is 1. The maximum Gasteiger partial charge on any atom is 0.242 e. The van der Waals surface area contributed by atoms with Crippen LogP contribution in [0.2, 0.25) is 0 Å². The smallest absolute Gasteiger partial charge is 0.242 e. The van der Waals surface area contributed by atoms with Crippen molar-refractivity contribution >= 4 is 11.6 Å². The molecule has 1 saturated heterocycles. The van der Waals surface area contributed by atoms with Gasteiger partial charge in [-0.15, -0.1) is 0 Å². The summed E-state index contributed by atoms with van der Waals surface area (Å²) in [4.78, 5) is 14.3. The highest BCUT2D eigenvalue weighted by molar-refractivity contribution is 5.77. The van der Waals surface area contributed by atoms with Crippen molar-refractivity contribution < 1.29 is 4.79 Å². The molecular weight excluding hydrogens is 240 g/mol. The van der Waals surface area contributed by atoms with Crippen LogP contribution in [-0.4, -0.2) is 28.0 Å². The third-order valence-corrected chi connectivity index (χ3v) is 3.94. The number of piperidine rings is 1. The van der Waals surface area contributed by atoms with E-state index in [-0.39, 0.29) is 12.5 Å².